The van der Waals surface area contributed by atoms with Gasteiger partial charge >= 0.3 is 12.1 Å². The zero-order chi connectivity index (χ0) is 15.1. The van der Waals surface area contributed by atoms with Crippen molar-refractivity contribution < 1.29 is 23.1 Å². The highest BCUT2D eigenvalue weighted by atomic mass is 19.4. The van der Waals surface area contributed by atoms with Gasteiger partial charge in [-0.25, -0.2) is 0 Å². The Bertz CT molecular complexity index is 658. The molecule has 1 unspecified atom stereocenters. The number of carboxylic acid groups (broad SMARTS) is 1. The summed E-state index contributed by atoms with van der Waals surface area (Å²) < 4.78 is 41.3. The zero-order valence-electron chi connectivity index (χ0n) is 11.0. The van der Waals surface area contributed by atoms with Gasteiger partial charge in [-0.15, -0.1) is 0 Å². The molecule has 3 nitrogen and oxygen atoms in total. The van der Waals surface area contributed by atoms with Crippen molar-refractivity contribution in [1.82, 2.24) is 4.57 Å². The predicted molar refractivity (Wildman–Crippen MR) is 68.7 cm³/mol. The predicted octanol–water partition coefficient (Wildman–Crippen LogP) is 3.61. The van der Waals surface area contributed by atoms with Gasteiger partial charge in [0.1, 0.15) is 0 Å². The summed E-state index contributed by atoms with van der Waals surface area (Å²) in [7, 11) is 1.68. The first-order valence-electron chi connectivity index (χ1n) is 6.06. The van der Waals surface area contributed by atoms with E-state index in [1.165, 1.54) is 0 Å². The molecule has 1 aromatic carbocycles. The molecule has 6 heteroatoms. The van der Waals surface area contributed by atoms with Crippen LogP contribution in [0.4, 0.5) is 13.2 Å². The van der Waals surface area contributed by atoms with Gasteiger partial charge in [-0.3, -0.25) is 4.79 Å². The third-order valence-corrected chi connectivity index (χ3v) is 3.57. The summed E-state index contributed by atoms with van der Waals surface area (Å²) >= 11 is 0. The highest BCUT2D eigenvalue weighted by molar-refractivity contribution is 5.86. The highest BCUT2D eigenvalue weighted by Gasteiger charge is 2.44. The number of rotatable bonds is 3. The number of benzene rings is 1. The van der Waals surface area contributed by atoms with Crippen molar-refractivity contribution in [3.05, 3.63) is 35.5 Å². The lowest BCUT2D eigenvalue weighted by Crippen LogP contribution is -2.24. The number of carbonyl (C=O) groups is 1. The molecule has 0 fully saturated rings. The molecule has 0 radical (unpaired) electrons. The van der Waals surface area contributed by atoms with Gasteiger partial charge in [0.25, 0.3) is 0 Å². The molecule has 2 rings (SSSR count). The molecular formula is C14H14F3NO2. The molecule has 20 heavy (non-hydrogen) atoms. The molecule has 0 amide bonds. The fraction of sp³-hybridized carbons (Fsp3) is 0.357. The van der Waals surface area contributed by atoms with E-state index in [0.29, 0.717) is 16.6 Å². The van der Waals surface area contributed by atoms with Gasteiger partial charge in [-0.2, -0.15) is 13.2 Å². The van der Waals surface area contributed by atoms with E-state index in [9.17, 15) is 18.0 Å². The molecule has 0 spiro atoms. The number of halogens is 3. The molecule has 1 aromatic heterocycles. The molecule has 0 saturated carbocycles. The summed E-state index contributed by atoms with van der Waals surface area (Å²) in [5, 5.41) is 9.23. The molecule has 1 N–H and O–H groups in total. The maximum atomic E-state index is 13.2. The summed E-state index contributed by atoms with van der Waals surface area (Å²) in [6, 6.07) is 6.71. The molecule has 0 aliphatic carbocycles. The number of para-hydroxylation sites is 1. The molecule has 0 saturated heterocycles. The van der Waals surface area contributed by atoms with Gasteiger partial charge in [-0.1, -0.05) is 18.2 Å². The average molecular weight is 285 g/mol. The van der Waals surface area contributed by atoms with Gasteiger partial charge in [0.15, 0.2) is 0 Å². The Balaban J connectivity index is 2.71. The minimum absolute atomic E-state index is 0.0537. The zero-order valence-corrected chi connectivity index (χ0v) is 11.0. The second-order valence-electron chi connectivity index (χ2n) is 4.77. The SMILES string of the molecule is Cc1c(C(CC(=O)O)C(F)(F)F)c2ccccc2n1C. The summed E-state index contributed by atoms with van der Waals surface area (Å²) in [4.78, 5) is 10.8. The maximum Gasteiger partial charge on any atom is 0.396 e. The third kappa shape index (κ3) is 2.37. The van der Waals surface area contributed by atoms with Gasteiger partial charge < -0.3 is 9.67 Å². The van der Waals surface area contributed by atoms with Crippen molar-refractivity contribution in [2.24, 2.45) is 7.05 Å². The van der Waals surface area contributed by atoms with E-state index < -0.39 is 24.5 Å². The van der Waals surface area contributed by atoms with E-state index in [0.717, 1.165) is 0 Å². The number of aliphatic carboxylic acids is 1. The molecule has 108 valence electrons. The number of alkyl halides is 3. The van der Waals surface area contributed by atoms with Crippen LogP contribution in [-0.4, -0.2) is 21.8 Å². The quantitative estimate of drug-likeness (QED) is 0.936. The molecule has 1 atom stereocenters. The van der Waals surface area contributed by atoms with Crippen LogP contribution in [-0.2, 0) is 11.8 Å². The number of carboxylic acids is 1. The van der Waals surface area contributed by atoms with Crippen LogP contribution in [0.2, 0.25) is 0 Å². The minimum atomic E-state index is -4.59. The van der Waals surface area contributed by atoms with Crippen LogP contribution in [0.25, 0.3) is 10.9 Å². The molecule has 2 aromatic rings. The van der Waals surface area contributed by atoms with Gasteiger partial charge in [0.2, 0.25) is 0 Å². The number of hydrogen-bond donors (Lipinski definition) is 1. The highest BCUT2D eigenvalue weighted by Crippen LogP contribution is 2.42. The second kappa shape index (κ2) is 4.85. The monoisotopic (exact) mass is 285 g/mol. The Morgan fingerprint density at radius 3 is 2.50 bits per heavy atom. The fourth-order valence-corrected chi connectivity index (χ4v) is 2.55. The Kier molecular flexibility index (Phi) is 3.50. The summed E-state index contributed by atoms with van der Waals surface area (Å²) in [5.74, 6) is -3.45. The molecule has 0 aliphatic heterocycles. The third-order valence-electron chi connectivity index (χ3n) is 3.57. The average Bonchev–Trinajstić information content (AvgIpc) is 2.59. The number of aromatic nitrogens is 1. The van der Waals surface area contributed by atoms with E-state index in [1.54, 1.807) is 42.8 Å². The van der Waals surface area contributed by atoms with Gasteiger partial charge in [0, 0.05) is 23.6 Å². The topological polar surface area (TPSA) is 42.2 Å². The smallest absolute Gasteiger partial charge is 0.396 e. The second-order valence-corrected chi connectivity index (χ2v) is 4.77. The number of aryl methyl sites for hydroxylation is 1. The Hall–Kier alpha value is -1.98. The lowest BCUT2D eigenvalue weighted by Gasteiger charge is -2.19. The molecular weight excluding hydrogens is 271 g/mol. The first-order valence-corrected chi connectivity index (χ1v) is 6.06. The molecule has 0 bridgehead atoms. The first-order chi connectivity index (χ1) is 9.23. The van der Waals surface area contributed by atoms with E-state index >= 15 is 0 Å². The van der Waals surface area contributed by atoms with Crippen molar-refractivity contribution in [3.63, 3.8) is 0 Å². The van der Waals surface area contributed by atoms with Crippen LogP contribution < -0.4 is 0 Å². The van der Waals surface area contributed by atoms with Gasteiger partial charge in [0.05, 0.1) is 12.3 Å². The van der Waals surface area contributed by atoms with Crippen LogP contribution >= 0.6 is 0 Å². The van der Waals surface area contributed by atoms with Crippen LogP contribution in [0.3, 0.4) is 0 Å². The Labute approximate surface area is 113 Å². The maximum absolute atomic E-state index is 13.2. The summed E-state index contributed by atoms with van der Waals surface area (Å²) in [5.41, 5.74) is 1.16. The van der Waals surface area contributed by atoms with Crippen LogP contribution in [0.5, 0.6) is 0 Å². The van der Waals surface area contributed by atoms with Crippen molar-refractivity contribution in [3.8, 4) is 0 Å². The molecule has 0 aliphatic rings. The largest absolute Gasteiger partial charge is 0.481 e. The van der Waals surface area contributed by atoms with E-state index in [2.05, 4.69) is 0 Å². The van der Waals surface area contributed by atoms with E-state index in [4.69, 9.17) is 5.11 Å². The Morgan fingerprint density at radius 2 is 1.95 bits per heavy atom. The normalized spacial score (nSPS) is 13.7. The first kappa shape index (κ1) is 14.4. The lowest BCUT2D eigenvalue weighted by molar-refractivity contribution is -0.163. The molecule has 1 heterocycles. The van der Waals surface area contributed by atoms with Crippen LogP contribution in [0.15, 0.2) is 24.3 Å². The van der Waals surface area contributed by atoms with Crippen molar-refractivity contribution in [1.29, 1.82) is 0 Å². The van der Waals surface area contributed by atoms with Crippen molar-refractivity contribution >= 4 is 16.9 Å². The van der Waals surface area contributed by atoms with E-state index in [1.807, 2.05) is 0 Å². The number of fused-ring (bicyclic) bond motifs is 1. The lowest BCUT2D eigenvalue weighted by atomic mass is 9.92. The van der Waals surface area contributed by atoms with Crippen molar-refractivity contribution in [2.75, 3.05) is 0 Å². The summed E-state index contributed by atoms with van der Waals surface area (Å²) in [6.45, 7) is 1.58. The standard InChI is InChI=1S/C14H14F3NO2/c1-8-13(10(7-12(19)20)14(15,16)17)9-5-3-4-6-11(9)18(8)2/h3-6,10H,7H2,1-2H3,(H,19,20). The van der Waals surface area contributed by atoms with Gasteiger partial charge in [-0.05, 0) is 18.6 Å². The minimum Gasteiger partial charge on any atom is -0.481 e. The van der Waals surface area contributed by atoms with Crippen molar-refractivity contribution in [2.45, 2.75) is 25.4 Å². The van der Waals surface area contributed by atoms with Crippen LogP contribution in [0, 0.1) is 6.92 Å². The number of nitrogens with zero attached hydrogens (tertiary/aromatic N) is 1. The Morgan fingerprint density at radius 1 is 1.35 bits per heavy atom. The van der Waals surface area contributed by atoms with E-state index in [-0.39, 0.29) is 5.56 Å². The van der Waals surface area contributed by atoms with Crippen LogP contribution in [0.1, 0.15) is 23.6 Å². The summed E-state index contributed by atoms with van der Waals surface area (Å²) in [6.07, 6.45) is -5.55. The number of hydrogen-bond acceptors (Lipinski definition) is 1. The fourth-order valence-electron chi connectivity index (χ4n) is 2.55.